The summed E-state index contributed by atoms with van der Waals surface area (Å²) in [5, 5.41) is 6.69. The van der Waals surface area contributed by atoms with Gasteiger partial charge >= 0.3 is 0 Å². The van der Waals surface area contributed by atoms with E-state index < -0.39 is 5.91 Å². The van der Waals surface area contributed by atoms with Gasteiger partial charge in [-0.3, -0.25) is 10.1 Å². The molecule has 0 aliphatic carbocycles. The van der Waals surface area contributed by atoms with Crippen molar-refractivity contribution in [3.8, 4) is 5.75 Å². The van der Waals surface area contributed by atoms with Crippen LogP contribution in [0.4, 0.5) is 0 Å². The normalized spacial score (nSPS) is 10.4. The van der Waals surface area contributed by atoms with Gasteiger partial charge in [0.2, 0.25) is 11.8 Å². The number of benzene rings is 1. The second-order valence-electron chi connectivity index (χ2n) is 4.20. The van der Waals surface area contributed by atoms with Gasteiger partial charge in [0.05, 0.1) is 20.2 Å². The van der Waals surface area contributed by atoms with Crippen LogP contribution in [0.5, 0.6) is 5.75 Å². The first-order valence-electron chi connectivity index (χ1n) is 6.11. The van der Waals surface area contributed by atoms with Crippen molar-refractivity contribution in [3.63, 3.8) is 0 Å². The van der Waals surface area contributed by atoms with Gasteiger partial charge in [-0.15, -0.1) is 0 Å². The van der Waals surface area contributed by atoms with Gasteiger partial charge in [-0.2, -0.15) is 4.98 Å². The number of ether oxygens (including phenoxy) is 1. The van der Waals surface area contributed by atoms with Crippen LogP contribution in [0.2, 0.25) is 0 Å². The zero-order valence-corrected chi connectivity index (χ0v) is 11.1. The topological polar surface area (TPSA) is 103 Å². The summed E-state index contributed by atoms with van der Waals surface area (Å²) in [6.45, 7) is 0.391. The van der Waals surface area contributed by atoms with Gasteiger partial charge in [0, 0.05) is 6.42 Å². The lowest BCUT2D eigenvalue weighted by molar-refractivity contribution is -0.117. The van der Waals surface area contributed by atoms with E-state index in [-0.39, 0.29) is 6.54 Å². The minimum Gasteiger partial charge on any atom is -0.497 e. The Morgan fingerprint density at radius 3 is 3.10 bits per heavy atom. The van der Waals surface area contributed by atoms with Gasteiger partial charge in [-0.05, 0) is 17.7 Å². The molecule has 0 saturated carbocycles. The lowest BCUT2D eigenvalue weighted by atomic mass is 10.1. The number of nitrogens with two attached hydrogens (primary N) is 1. The van der Waals surface area contributed by atoms with Gasteiger partial charge in [-0.1, -0.05) is 17.3 Å². The van der Waals surface area contributed by atoms with E-state index in [1.807, 2.05) is 24.3 Å². The van der Waals surface area contributed by atoms with Crippen molar-refractivity contribution in [3.05, 3.63) is 41.5 Å². The number of methoxy groups -OCH3 is 1. The molecule has 0 saturated heterocycles. The van der Waals surface area contributed by atoms with Crippen molar-refractivity contribution in [2.45, 2.75) is 13.0 Å². The Hall–Kier alpha value is -2.41. The number of nitrogens with one attached hydrogen (secondary N) is 1. The largest absolute Gasteiger partial charge is 0.497 e. The average Bonchev–Trinajstić information content (AvgIpc) is 2.86. The standard InChI is InChI=1S/C13H16N4O3/c1-19-10-4-2-3-9(5-10)6-12-16-13(20-17-12)8-15-7-11(14)18/h2-5,15H,6-8H2,1H3,(H2,14,18). The molecule has 0 aliphatic heterocycles. The van der Waals surface area contributed by atoms with Crippen LogP contribution in [0.3, 0.4) is 0 Å². The first kappa shape index (κ1) is 14.0. The van der Waals surface area contributed by atoms with Crippen LogP contribution in [0.25, 0.3) is 0 Å². The summed E-state index contributed by atoms with van der Waals surface area (Å²) in [6.07, 6.45) is 0.552. The quantitative estimate of drug-likeness (QED) is 0.751. The Kier molecular flexibility index (Phi) is 4.67. The van der Waals surface area contributed by atoms with Gasteiger partial charge in [0.25, 0.3) is 0 Å². The molecule has 0 radical (unpaired) electrons. The van der Waals surface area contributed by atoms with Gasteiger partial charge < -0.3 is 15.0 Å². The molecular formula is C13H16N4O3. The molecule has 0 fully saturated rings. The fraction of sp³-hybridized carbons (Fsp3) is 0.308. The summed E-state index contributed by atoms with van der Waals surface area (Å²) in [5.74, 6) is 1.36. The maximum atomic E-state index is 10.6. The molecule has 0 spiro atoms. The second kappa shape index (κ2) is 6.67. The second-order valence-corrected chi connectivity index (χ2v) is 4.20. The smallest absolute Gasteiger partial charge is 0.240 e. The lowest BCUT2D eigenvalue weighted by Gasteiger charge is -2.01. The number of primary amides is 1. The van der Waals surface area contributed by atoms with Crippen molar-refractivity contribution in [1.29, 1.82) is 0 Å². The molecule has 7 heteroatoms. The van der Waals surface area contributed by atoms with Crippen LogP contribution in [0.15, 0.2) is 28.8 Å². The number of carbonyl (C=O) groups excluding carboxylic acids is 1. The van der Waals surface area contributed by atoms with E-state index in [0.717, 1.165) is 11.3 Å². The highest BCUT2D eigenvalue weighted by Gasteiger charge is 2.07. The molecule has 0 unspecified atom stereocenters. The number of hydrogen-bond acceptors (Lipinski definition) is 6. The molecule has 1 aromatic heterocycles. The van der Waals surface area contributed by atoms with Crippen LogP contribution in [-0.2, 0) is 17.8 Å². The minimum absolute atomic E-state index is 0.0770. The van der Waals surface area contributed by atoms with E-state index in [4.69, 9.17) is 15.0 Å². The first-order chi connectivity index (χ1) is 9.67. The fourth-order valence-corrected chi connectivity index (χ4v) is 1.69. The Morgan fingerprint density at radius 2 is 2.35 bits per heavy atom. The molecule has 3 N–H and O–H groups in total. The van der Waals surface area contributed by atoms with Crippen molar-refractivity contribution in [2.24, 2.45) is 5.73 Å². The van der Waals surface area contributed by atoms with E-state index in [1.165, 1.54) is 0 Å². The van der Waals surface area contributed by atoms with Crippen LogP contribution in [-0.4, -0.2) is 29.7 Å². The summed E-state index contributed by atoms with van der Waals surface area (Å²) in [6, 6.07) is 7.66. The number of carbonyl (C=O) groups is 1. The highest BCUT2D eigenvalue weighted by Crippen LogP contribution is 2.14. The third-order valence-electron chi connectivity index (χ3n) is 2.58. The summed E-state index contributed by atoms with van der Waals surface area (Å²) in [4.78, 5) is 14.8. The van der Waals surface area contributed by atoms with Crippen LogP contribution in [0, 0.1) is 0 Å². The van der Waals surface area contributed by atoms with E-state index in [1.54, 1.807) is 7.11 Å². The van der Waals surface area contributed by atoms with Gasteiger partial charge in [0.15, 0.2) is 5.82 Å². The van der Waals surface area contributed by atoms with E-state index in [0.29, 0.717) is 24.7 Å². The third-order valence-corrected chi connectivity index (χ3v) is 2.58. The lowest BCUT2D eigenvalue weighted by Crippen LogP contribution is -2.28. The predicted molar refractivity (Wildman–Crippen MR) is 71.0 cm³/mol. The summed E-state index contributed by atoms with van der Waals surface area (Å²) < 4.78 is 10.2. The number of amides is 1. The van der Waals surface area contributed by atoms with E-state index in [9.17, 15) is 4.79 Å². The molecule has 0 bridgehead atoms. The Bertz CT molecular complexity index is 583. The molecule has 2 rings (SSSR count). The summed E-state index contributed by atoms with van der Waals surface area (Å²) >= 11 is 0. The van der Waals surface area contributed by atoms with Crippen molar-refractivity contribution in [2.75, 3.05) is 13.7 Å². The first-order valence-corrected chi connectivity index (χ1v) is 6.11. The molecule has 2 aromatic rings. The van der Waals surface area contributed by atoms with Crippen molar-refractivity contribution < 1.29 is 14.1 Å². The molecule has 1 heterocycles. The number of hydrogen-bond donors (Lipinski definition) is 2. The van der Waals surface area contributed by atoms with Crippen LogP contribution < -0.4 is 15.8 Å². The van der Waals surface area contributed by atoms with Crippen molar-refractivity contribution >= 4 is 5.91 Å². The summed E-state index contributed by atoms with van der Waals surface area (Å²) in [5.41, 5.74) is 6.04. The van der Waals surface area contributed by atoms with Gasteiger partial charge in [0.1, 0.15) is 5.75 Å². The molecule has 106 valence electrons. The maximum Gasteiger partial charge on any atom is 0.240 e. The molecule has 20 heavy (non-hydrogen) atoms. The third kappa shape index (κ3) is 4.06. The van der Waals surface area contributed by atoms with Crippen molar-refractivity contribution in [1.82, 2.24) is 15.5 Å². The number of aromatic nitrogens is 2. The Morgan fingerprint density at radius 1 is 1.50 bits per heavy atom. The zero-order valence-electron chi connectivity index (χ0n) is 11.1. The van der Waals surface area contributed by atoms with E-state index >= 15 is 0 Å². The predicted octanol–water partition coefficient (Wildman–Crippen LogP) is 0.244. The summed E-state index contributed by atoms with van der Waals surface area (Å²) in [7, 11) is 1.62. The SMILES string of the molecule is COc1cccc(Cc2noc(CNCC(N)=O)n2)c1. The monoisotopic (exact) mass is 276 g/mol. The minimum atomic E-state index is -0.430. The van der Waals surface area contributed by atoms with Gasteiger partial charge in [-0.25, -0.2) is 0 Å². The molecule has 0 aliphatic rings. The molecule has 1 amide bonds. The Labute approximate surface area is 116 Å². The molecule has 7 nitrogen and oxygen atoms in total. The van der Waals surface area contributed by atoms with Crippen LogP contribution >= 0.6 is 0 Å². The molecule has 1 aromatic carbocycles. The number of rotatable bonds is 7. The fourth-order valence-electron chi connectivity index (χ4n) is 1.69. The number of nitrogens with zero attached hydrogens (tertiary/aromatic N) is 2. The highest BCUT2D eigenvalue weighted by atomic mass is 16.5. The van der Waals surface area contributed by atoms with E-state index in [2.05, 4.69) is 15.5 Å². The molecular weight excluding hydrogens is 260 g/mol. The maximum absolute atomic E-state index is 10.6. The van der Waals surface area contributed by atoms with Crippen LogP contribution in [0.1, 0.15) is 17.3 Å². The zero-order chi connectivity index (χ0) is 14.4. The molecule has 0 atom stereocenters. The Balaban J connectivity index is 1.93. The highest BCUT2D eigenvalue weighted by molar-refractivity contribution is 5.75. The average molecular weight is 276 g/mol.